The Bertz CT molecular complexity index is 363. The number of hydrogen-bond acceptors (Lipinski definition) is 4. The van der Waals surface area contributed by atoms with Crippen molar-refractivity contribution in [2.75, 3.05) is 0 Å². The fourth-order valence-corrected chi connectivity index (χ4v) is 4.18. The molecule has 2 bridgehead atoms. The maximum absolute atomic E-state index is 12.2. The van der Waals surface area contributed by atoms with Gasteiger partial charge in [0.05, 0.1) is 0 Å². The molecule has 1 unspecified atom stereocenters. The molecule has 108 valence electrons. The number of fused-ring (bicyclic) bond motifs is 2. The first kappa shape index (κ1) is 14.7. The Labute approximate surface area is 119 Å². The van der Waals surface area contributed by atoms with Crippen LogP contribution in [0.5, 0.6) is 0 Å². The summed E-state index contributed by atoms with van der Waals surface area (Å²) in [5.41, 5.74) is -0.443. The molecule has 2 aliphatic rings. The predicted molar refractivity (Wildman–Crippen MR) is 76.2 cm³/mol. The Morgan fingerprint density at radius 2 is 1.68 bits per heavy atom. The molecule has 2 fully saturated rings. The van der Waals surface area contributed by atoms with E-state index in [1.807, 2.05) is 25.7 Å². The van der Waals surface area contributed by atoms with Gasteiger partial charge in [-0.2, -0.15) is 0 Å². The van der Waals surface area contributed by atoms with E-state index in [0.717, 1.165) is 25.7 Å². The zero-order chi connectivity index (χ0) is 14.2. The van der Waals surface area contributed by atoms with Crippen molar-refractivity contribution >= 4 is 23.0 Å². The minimum atomic E-state index is -0.443. The van der Waals surface area contributed by atoms with Gasteiger partial charge >= 0.3 is 6.09 Å². The second kappa shape index (κ2) is 5.35. The van der Waals surface area contributed by atoms with Gasteiger partial charge in [-0.3, -0.25) is 4.79 Å². The molecule has 1 amide bonds. The molecule has 0 saturated carbocycles. The maximum atomic E-state index is 12.2. The number of ether oxygens (including phenoxy) is 1. The van der Waals surface area contributed by atoms with Crippen LogP contribution in [0, 0.1) is 0 Å². The second-order valence-electron chi connectivity index (χ2n) is 6.48. The zero-order valence-electron chi connectivity index (χ0n) is 12.1. The van der Waals surface area contributed by atoms with Gasteiger partial charge in [0.2, 0.25) is 0 Å². The van der Waals surface area contributed by atoms with Crippen molar-refractivity contribution in [1.29, 1.82) is 0 Å². The van der Waals surface area contributed by atoms with Crippen LogP contribution in [0.4, 0.5) is 4.79 Å². The van der Waals surface area contributed by atoms with Gasteiger partial charge in [0.1, 0.15) is 5.60 Å². The van der Waals surface area contributed by atoms with Crippen molar-refractivity contribution in [3.63, 3.8) is 0 Å². The molecule has 0 aromatic rings. The fraction of sp³-hybridized carbons (Fsp3) is 0.857. The lowest BCUT2D eigenvalue weighted by atomic mass is 10.0. The Kier molecular flexibility index (Phi) is 4.14. The number of nitrogens with zero attached hydrogens (tertiary/aromatic N) is 1. The van der Waals surface area contributed by atoms with Gasteiger partial charge < -0.3 is 9.64 Å². The second-order valence-corrected chi connectivity index (χ2v) is 7.95. The molecule has 19 heavy (non-hydrogen) atoms. The first-order valence-corrected chi connectivity index (χ1v) is 7.83. The summed E-state index contributed by atoms with van der Waals surface area (Å²) in [6, 6.07) is 0.510. The highest BCUT2D eigenvalue weighted by Crippen LogP contribution is 2.41. The zero-order valence-corrected chi connectivity index (χ0v) is 13.0. The van der Waals surface area contributed by atoms with Gasteiger partial charge in [0, 0.05) is 24.3 Å². The number of carbonyl (C=O) groups excluding carboxylic acids is 2. The van der Waals surface area contributed by atoms with Crippen LogP contribution in [-0.2, 0) is 9.53 Å². The first-order valence-electron chi connectivity index (χ1n) is 6.95. The van der Waals surface area contributed by atoms with Crippen LogP contribution >= 0.6 is 11.8 Å². The number of thioether (sulfide) groups is 1. The smallest absolute Gasteiger partial charge is 0.410 e. The third-order valence-electron chi connectivity index (χ3n) is 3.63. The van der Waals surface area contributed by atoms with E-state index in [0.29, 0.717) is 5.25 Å². The largest absolute Gasteiger partial charge is 0.444 e. The summed E-state index contributed by atoms with van der Waals surface area (Å²) in [5.74, 6) is 0. The van der Waals surface area contributed by atoms with E-state index >= 15 is 0 Å². The van der Waals surface area contributed by atoms with Gasteiger partial charge in [-0.1, -0.05) is 11.8 Å². The highest BCUT2D eigenvalue weighted by atomic mass is 32.2. The van der Waals surface area contributed by atoms with E-state index in [9.17, 15) is 9.59 Å². The monoisotopic (exact) mass is 285 g/mol. The van der Waals surface area contributed by atoms with Crippen molar-refractivity contribution in [2.45, 2.75) is 76.3 Å². The topological polar surface area (TPSA) is 46.6 Å². The molecule has 5 heteroatoms. The van der Waals surface area contributed by atoms with E-state index < -0.39 is 5.60 Å². The van der Waals surface area contributed by atoms with Gasteiger partial charge in [0.25, 0.3) is 0 Å². The molecule has 3 atom stereocenters. The minimum Gasteiger partial charge on any atom is -0.444 e. The van der Waals surface area contributed by atoms with E-state index in [1.165, 1.54) is 11.8 Å². The molecule has 2 aliphatic heterocycles. The first-order chi connectivity index (χ1) is 8.76. The number of hydrogen-bond donors (Lipinski definition) is 0. The Morgan fingerprint density at radius 1 is 1.16 bits per heavy atom. The lowest BCUT2D eigenvalue weighted by Gasteiger charge is -2.39. The van der Waals surface area contributed by atoms with Crippen LogP contribution in [0.1, 0.15) is 53.4 Å². The number of rotatable bonds is 1. The number of carbonyl (C=O) groups is 2. The third kappa shape index (κ3) is 3.65. The molecular weight excluding hydrogens is 262 g/mol. The Balaban J connectivity index is 1.99. The molecular formula is C14H23NO3S. The van der Waals surface area contributed by atoms with Crippen LogP contribution in [0.3, 0.4) is 0 Å². The van der Waals surface area contributed by atoms with Gasteiger partial charge in [0.15, 0.2) is 5.12 Å². The van der Waals surface area contributed by atoms with Crippen molar-refractivity contribution in [3.05, 3.63) is 0 Å². The Morgan fingerprint density at radius 3 is 2.11 bits per heavy atom. The molecule has 0 N–H and O–H groups in total. The van der Waals surface area contributed by atoms with Crippen LogP contribution in [0.15, 0.2) is 0 Å². The molecule has 0 aromatic carbocycles. The van der Waals surface area contributed by atoms with Gasteiger partial charge in [-0.05, 0) is 46.5 Å². The van der Waals surface area contributed by atoms with Crippen LogP contribution < -0.4 is 0 Å². The normalized spacial score (nSPS) is 30.3. The SMILES string of the molecule is CC(=O)SC1C[C@H]2CC[C@@H](C1)N2C(=O)OC(C)(C)C. The molecule has 4 nitrogen and oxygen atoms in total. The van der Waals surface area contributed by atoms with Crippen LogP contribution in [0.2, 0.25) is 0 Å². The highest BCUT2D eigenvalue weighted by Gasteiger charge is 2.45. The number of piperidine rings is 1. The average Bonchev–Trinajstić information content (AvgIpc) is 2.47. The van der Waals surface area contributed by atoms with Crippen molar-refractivity contribution in [2.24, 2.45) is 0 Å². The summed E-state index contributed by atoms with van der Waals surface area (Å²) >= 11 is 1.43. The molecule has 0 spiro atoms. The summed E-state index contributed by atoms with van der Waals surface area (Å²) in [5, 5.41) is 0.545. The van der Waals surface area contributed by atoms with E-state index in [-0.39, 0.29) is 23.3 Å². The van der Waals surface area contributed by atoms with Crippen LogP contribution in [-0.4, -0.2) is 39.0 Å². The van der Waals surface area contributed by atoms with Crippen molar-refractivity contribution in [3.8, 4) is 0 Å². The Hall–Kier alpha value is -0.710. The van der Waals surface area contributed by atoms with Gasteiger partial charge in [-0.15, -0.1) is 0 Å². The molecule has 0 aliphatic carbocycles. The highest BCUT2D eigenvalue weighted by molar-refractivity contribution is 8.14. The maximum Gasteiger partial charge on any atom is 0.410 e. The molecule has 2 heterocycles. The van der Waals surface area contributed by atoms with E-state index in [1.54, 1.807) is 6.92 Å². The van der Waals surface area contributed by atoms with E-state index in [4.69, 9.17) is 4.74 Å². The lowest BCUT2D eigenvalue weighted by Crippen LogP contribution is -2.49. The van der Waals surface area contributed by atoms with E-state index in [2.05, 4.69) is 0 Å². The van der Waals surface area contributed by atoms with Crippen molar-refractivity contribution < 1.29 is 14.3 Å². The quantitative estimate of drug-likeness (QED) is 0.742. The van der Waals surface area contributed by atoms with Crippen molar-refractivity contribution in [1.82, 2.24) is 4.90 Å². The summed E-state index contributed by atoms with van der Waals surface area (Å²) in [6.45, 7) is 7.30. The number of amides is 1. The molecule has 2 saturated heterocycles. The lowest BCUT2D eigenvalue weighted by molar-refractivity contribution is -0.109. The predicted octanol–water partition coefficient (Wildman–Crippen LogP) is 3.20. The molecule has 0 radical (unpaired) electrons. The van der Waals surface area contributed by atoms with Crippen LogP contribution in [0.25, 0.3) is 0 Å². The minimum absolute atomic E-state index is 0.176. The van der Waals surface area contributed by atoms with Gasteiger partial charge in [-0.25, -0.2) is 4.79 Å². The molecule has 0 aromatic heterocycles. The fourth-order valence-electron chi connectivity index (χ4n) is 3.07. The third-order valence-corrected chi connectivity index (χ3v) is 4.68. The summed E-state index contributed by atoms with van der Waals surface area (Å²) in [7, 11) is 0. The summed E-state index contributed by atoms with van der Waals surface area (Å²) < 4.78 is 5.49. The summed E-state index contributed by atoms with van der Waals surface area (Å²) in [4.78, 5) is 25.4. The standard InChI is InChI=1S/C14H23NO3S/c1-9(16)19-12-7-10-5-6-11(8-12)15(10)13(17)18-14(2,3)4/h10-12H,5-8H2,1-4H3/t10-,11+,12?. The average molecular weight is 285 g/mol. The summed E-state index contributed by atoms with van der Waals surface area (Å²) in [6.07, 6.45) is 3.73. The molecule has 2 rings (SSSR count).